The fourth-order valence-electron chi connectivity index (χ4n) is 8.69. The van der Waals surface area contributed by atoms with Gasteiger partial charge in [0.2, 0.25) is 27.7 Å². The minimum Gasteiger partial charge on any atom is -0.459 e. The van der Waals surface area contributed by atoms with Crippen molar-refractivity contribution in [1.82, 2.24) is 30.1 Å². The fraction of sp³-hybridized carbons (Fsp3) is 0.605. The number of halogens is 1. The number of esters is 1. The quantitative estimate of drug-likeness (QED) is 0.159. The molecule has 18 nitrogen and oxygen atoms in total. The first-order valence-corrected chi connectivity index (χ1v) is 20.9. The molecular formula is C38H45FN6O12S. The van der Waals surface area contributed by atoms with Crippen LogP contribution in [-0.4, -0.2) is 125 Å². The summed E-state index contributed by atoms with van der Waals surface area (Å²) in [5.41, 5.74) is -1.02. The third-order valence-electron chi connectivity index (χ3n) is 11.9. The number of benzene rings is 1. The largest absolute Gasteiger partial charge is 0.459 e. The Hall–Kier alpha value is -5.27. The van der Waals surface area contributed by atoms with E-state index in [9.17, 15) is 46.4 Å². The molecule has 20 heteroatoms. The number of hydrogen-bond donors (Lipinski definition) is 3. The minimum atomic E-state index is -3.98. The van der Waals surface area contributed by atoms with E-state index in [1.54, 1.807) is 26.8 Å². The number of carbonyl (C=O) groups excluding carboxylic acids is 7. The molecule has 3 N–H and O–H groups in total. The number of carbonyl (C=O) groups is 7. The van der Waals surface area contributed by atoms with E-state index in [-0.39, 0.29) is 45.4 Å². The first-order chi connectivity index (χ1) is 27.3. The monoisotopic (exact) mass is 828 g/mol. The maximum atomic E-state index is 14.6. The molecule has 58 heavy (non-hydrogen) atoms. The third-order valence-corrected chi connectivity index (χ3v) is 13.7. The molecule has 3 aliphatic carbocycles. The Morgan fingerprint density at radius 2 is 1.78 bits per heavy atom. The van der Waals surface area contributed by atoms with E-state index in [2.05, 4.69) is 21.9 Å². The van der Waals surface area contributed by atoms with Gasteiger partial charge in [0.15, 0.2) is 0 Å². The molecule has 0 radical (unpaired) electrons. The Bertz CT molecular complexity index is 2130. The molecule has 312 valence electrons. The summed E-state index contributed by atoms with van der Waals surface area (Å²) in [6, 6.07) is 0.882. The van der Waals surface area contributed by atoms with Gasteiger partial charge in [-0.3, -0.25) is 28.8 Å². The van der Waals surface area contributed by atoms with Crippen molar-refractivity contribution in [3.05, 3.63) is 47.3 Å². The molecule has 7 aliphatic rings. The summed E-state index contributed by atoms with van der Waals surface area (Å²) in [5, 5.41) is 4.49. The zero-order valence-corrected chi connectivity index (χ0v) is 33.0. The summed E-state index contributed by atoms with van der Waals surface area (Å²) in [4.78, 5) is 98.2. The number of likely N-dealkylation sites (tertiary alicyclic amines) is 2. The molecule has 0 spiro atoms. The molecule has 1 aromatic rings. The summed E-state index contributed by atoms with van der Waals surface area (Å²) in [6.07, 6.45) is -3.02. The highest BCUT2D eigenvalue weighted by Gasteiger charge is 2.85. The predicted molar refractivity (Wildman–Crippen MR) is 196 cm³/mol. The Morgan fingerprint density at radius 1 is 1.05 bits per heavy atom. The second-order valence-corrected chi connectivity index (χ2v) is 19.1. The molecule has 6 amide bonds. The lowest BCUT2D eigenvalue weighted by Crippen LogP contribution is -2.60. The van der Waals surface area contributed by atoms with Crippen molar-refractivity contribution in [2.45, 2.75) is 119 Å². The number of nitrogens with one attached hydrogen (secondary N) is 3. The van der Waals surface area contributed by atoms with Gasteiger partial charge >= 0.3 is 18.2 Å². The summed E-state index contributed by atoms with van der Waals surface area (Å²) in [7, 11) is -3.98. The molecule has 8 rings (SSSR count). The second-order valence-electron chi connectivity index (χ2n) is 17.1. The van der Waals surface area contributed by atoms with Crippen molar-refractivity contribution in [3.63, 3.8) is 0 Å². The van der Waals surface area contributed by atoms with Gasteiger partial charge in [-0.05, 0) is 51.7 Å². The van der Waals surface area contributed by atoms with Gasteiger partial charge < -0.3 is 34.6 Å². The van der Waals surface area contributed by atoms with Gasteiger partial charge in [-0.2, -0.15) is 0 Å². The van der Waals surface area contributed by atoms with Crippen LogP contribution >= 0.6 is 0 Å². The minimum absolute atomic E-state index is 0.0610. The summed E-state index contributed by atoms with van der Waals surface area (Å²) < 4.78 is 58.4. The molecule has 4 unspecified atom stereocenters. The number of alkyl carbamates (subject to hydrolysis) is 1. The SMILES string of the molecule is C=C1C2[C@@H]1C2(NC(=O)[C@@H]1CC(OC(=O)N2Cc3cccc(F)c3C2)CN1C(=O)[C@H](CCC(=O)N1CC2C[C@@H]1C(=O)O2)NC(=O)OC(C)(C)C)C(=O)NS(=O)(=O)C1CC1. The van der Waals surface area contributed by atoms with Gasteiger partial charge in [-0.25, -0.2) is 27.2 Å². The average Bonchev–Trinajstić information content (AvgIpc) is 4.05. The standard InChI is InChI=1S/C38H45FN6O12S/c1-18-29-30(18)38(29,34(50)42-58(53,54)22-8-9-22)41-31(47)26-12-21(56-36(52)43-14-19-6-5-7-24(39)23(19)17-43)16-45(26)32(48)25(40-35(51)57-37(2,3)4)10-11-28(46)44-15-20-13-27(44)33(49)55-20/h5-7,20-22,25-27,29-30H,1,8-17H2,2-4H3,(H,40,51)(H,41,47)(H,42,50)/t20?,21?,25-,26-,27+,29+,30?,38?/m0/s1. The molecule has 2 bridgehead atoms. The van der Waals surface area contributed by atoms with Crippen LogP contribution in [-0.2, 0) is 61.3 Å². The van der Waals surface area contributed by atoms with Crippen molar-refractivity contribution in [3.8, 4) is 0 Å². The van der Waals surface area contributed by atoms with Gasteiger partial charge in [0.05, 0.1) is 24.9 Å². The Kier molecular flexibility index (Phi) is 9.50. The lowest BCUT2D eigenvalue weighted by molar-refractivity contribution is -0.157. The zero-order valence-electron chi connectivity index (χ0n) is 32.2. The number of nitrogens with zero attached hydrogens (tertiary/aromatic N) is 3. The highest BCUT2D eigenvalue weighted by molar-refractivity contribution is 7.91. The summed E-state index contributed by atoms with van der Waals surface area (Å²) in [6.45, 7) is 8.55. The highest BCUT2D eigenvalue weighted by Crippen LogP contribution is 2.74. The fourth-order valence-corrected chi connectivity index (χ4v) is 10.0. The van der Waals surface area contributed by atoms with Crippen LogP contribution in [0, 0.1) is 17.7 Å². The lowest BCUT2D eigenvalue weighted by atomic mass is 10.0. The number of rotatable bonds is 11. The van der Waals surface area contributed by atoms with Crippen LogP contribution in [0.4, 0.5) is 14.0 Å². The van der Waals surface area contributed by atoms with Crippen LogP contribution in [0.15, 0.2) is 30.4 Å². The maximum absolute atomic E-state index is 14.6. The molecule has 3 saturated carbocycles. The predicted octanol–water partition coefficient (Wildman–Crippen LogP) is 0.726. The van der Waals surface area contributed by atoms with E-state index in [1.807, 2.05) is 0 Å². The summed E-state index contributed by atoms with van der Waals surface area (Å²) >= 11 is 0. The number of amides is 6. The Morgan fingerprint density at radius 3 is 2.40 bits per heavy atom. The van der Waals surface area contributed by atoms with E-state index in [4.69, 9.17) is 14.2 Å². The zero-order chi connectivity index (χ0) is 41.6. The van der Waals surface area contributed by atoms with Gasteiger partial charge in [-0.15, -0.1) is 0 Å². The van der Waals surface area contributed by atoms with E-state index in [1.165, 1.54) is 21.9 Å². The lowest BCUT2D eigenvalue weighted by Gasteiger charge is -2.32. The number of morpholine rings is 1. The van der Waals surface area contributed by atoms with Gasteiger partial charge in [-0.1, -0.05) is 24.3 Å². The number of sulfonamides is 1. The van der Waals surface area contributed by atoms with Crippen LogP contribution in [0.25, 0.3) is 0 Å². The van der Waals surface area contributed by atoms with Crippen LogP contribution in [0.3, 0.4) is 0 Å². The molecule has 8 atom stereocenters. The topological polar surface area (TPSA) is 227 Å². The third kappa shape index (κ3) is 7.23. The van der Waals surface area contributed by atoms with E-state index >= 15 is 0 Å². The van der Waals surface area contributed by atoms with Crippen molar-refractivity contribution in [2.24, 2.45) is 11.8 Å². The van der Waals surface area contributed by atoms with Gasteiger partial charge in [0.1, 0.15) is 47.3 Å². The van der Waals surface area contributed by atoms with Gasteiger partial charge in [0, 0.05) is 43.2 Å². The number of fused-ring (bicyclic) bond motifs is 4. The highest BCUT2D eigenvalue weighted by atomic mass is 32.2. The van der Waals surface area contributed by atoms with Crippen LogP contribution in [0.2, 0.25) is 0 Å². The summed E-state index contributed by atoms with van der Waals surface area (Å²) in [5.74, 6) is -5.10. The number of hydrogen-bond acceptors (Lipinski definition) is 12. The number of ether oxygens (including phenoxy) is 3. The Balaban J connectivity index is 1.02. The van der Waals surface area contributed by atoms with Crippen molar-refractivity contribution >= 4 is 51.8 Å². The van der Waals surface area contributed by atoms with Crippen LogP contribution in [0.1, 0.15) is 70.4 Å². The normalized spacial score (nSPS) is 29.6. The molecule has 0 aromatic heterocycles. The van der Waals surface area contributed by atoms with Crippen molar-refractivity contribution in [2.75, 3.05) is 13.1 Å². The molecule has 4 aliphatic heterocycles. The van der Waals surface area contributed by atoms with Gasteiger partial charge in [0.25, 0.3) is 5.91 Å². The smallest absolute Gasteiger partial charge is 0.410 e. The first kappa shape index (κ1) is 39.6. The van der Waals surface area contributed by atoms with Crippen LogP contribution < -0.4 is 15.4 Å². The molecule has 1 aromatic carbocycles. The molecule has 3 saturated heterocycles. The first-order valence-electron chi connectivity index (χ1n) is 19.4. The molecule has 4 heterocycles. The maximum Gasteiger partial charge on any atom is 0.410 e. The molecular weight excluding hydrogens is 784 g/mol. The second kappa shape index (κ2) is 13.9. The van der Waals surface area contributed by atoms with Crippen molar-refractivity contribution < 1.29 is 60.6 Å². The van der Waals surface area contributed by atoms with Crippen LogP contribution in [0.5, 0.6) is 0 Å². The van der Waals surface area contributed by atoms with E-state index in [0.29, 0.717) is 36.0 Å². The molecule has 6 fully saturated rings. The van der Waals surface area contributed by atoms with E-state index < -0.39 is 116 Å². The Labute approximate surface area is 333 Å². The van der Waals surface area contributed by atoms with Crippen molar-refractivity contribution in [1.29, 1.82) is 0 Å². The average molecular weight is 829 g/mol. The van der Waals surface area contributed by atoms with E-state index in [0.717, 1.165) is 4.90 Å².